The van der Waals surface area contributed by atoms with E-state index in [4.69, 9.17) is 9.47 Å². The first-order valence-corrected chi connectivity index (χ1v) is 15.8. The molecular formula is C32H40N6O4S. The fourth-order valence-corrected chi connectivity index (χ4v) is 5.77. The zero-order chi connectivity index (χ0) is 30.0. The molecule has 0 saturated carbocycles. The minimum atomic E-state index is -0.367. The van der Waals surface area contributed by atoms with Crippen molar-refractivity contribution in [3.8, 4) is 5.75 Å². The lowest BCUT2D eigenvalue weighted by Crippen LogP contribution is -2.47. The number of para-hydroxylation sites is 2. The standard InChI is InChI=1S/C32H40N6O4S/c1-41-30-6-4-3-5-29(30)38-17-15-37(16-18-38)28-12-9-25(35-32(40)34-24-7-10-26(43-2)11-8-24)23-27(28)31(39)33-13-14-36-19-21-42-22-20-36/h3-12,23H,13-22H2,1-2H3,(H,33,39)(H2,34,35,40). The van der Waals surface area contributed by atoms with Gasteiger partial charge in [0.25, 0.3) is 5.91 Å². The van der Waals surface area contributed by atoms with Gasteiger partial charge in [-0.3, -0.25) is 9.69 Å². The molecule has 0 bridgehead atoms. The first-order chi connectivity index (χ1) is 21.0. The molecule has 3 aromatic carbocycles. The molecule has 2 saturated heterocycles. The predicted octanol–water partition coefficient (Wildman–Crippen LogP) is 4.45. The molecule has 2 heterocycles. The fraction of sp³-hybridized carbons (Fsp3) is 0.375. The van der Waals surface area contributed by atoms with Crippen molar-refractivity contribution in [2.24, 2.45) is 0 Å². The molecule has 10 nitrogen and oxygen atoms in total. The summed E-state index contributed by atoms with van der Waals surface area (Å²) < 4.78 is 11.0. The Bertz CT molecular complexity index is 1370. The molecule has 43 heavy (non-hydrogen) atoms. The summed E-state index contributed by atoms with van der Waals surface area (Å²) in [4.78, 5) is 34.3. The van der Waals surface area contributed by atoms with Gasteiger partial charge in [-0.05, 0) is 60.9 Å². The van der Waals surface area contributed by atoms with Gasteiger partial charge in [0, 0.05) is 74.3 Å². The maximum atomic E-state index is 13.6. The molecule has 2 aliphatic rings. The maximum absolute atomic E-state index is 13.6. The largest absolute Gasteiger partial charge is 0.495 e. The van der Waals surface area contributed by atoms with Crippen molar-refractivity contribution in [1.29, 1.82) is 0 Å². The summed E-state index contributed by atoms with van der Waals surface area (Å²) in [6, 6.07) is 20.9. The number of nitrogens with zero attached hydrogens (tertiary/aromatic N) is 3. The molecule has 5 rings (SSSR count). The number of methoxy groups -OCH3 is 1. The van der Waals surface area contributed by atoms with Crippen molar-refractivity contribution in [2.75, 3.05) is 99.4 Å². The van der Waals surface area contributed by atoms with E-state index in [1.165, 1.54) is 0 Å². The zero-order valence-electron chi connectivity index (χ0n) is 24.8. The second kappa shape index (κ2) is 15.0. The van der Waals surface area contributed by atoms with Crippen LogP contribution >= 0.6 is 11.8 Å². The number of hydrogen-bond donors (Lipinski definition) is 3. The third-order valence-corrected chi connectivity index (χ3v) is 8.45. The lowest BCUT2D eigenvalue weighted by molar-refractivity contribution is 0.0383. The van der Waals surface area contributed by atoms with Crippen LogP contribution in [0.15, 0.2) is 71.6 Å². The van der Waals surface area contributed by atoms with Crippen molar-refractivity contribution < 1.29 is 19.1 Å². The molecule has 0 aromatic heterocycles. The van der Waals surface area contributed by atoms with Gasteiger partial charge in [-0.25, -0.2) is 4.79 Å². The molecule has 11 heteroatoms. The van der Waals surface area contributed by atoms with Crippen LogP contribution in [0.5, 0.6) is 5.75 Å². The molecule has 2 aliphatic heterocycles. The van der Waals surface area contributed by atoms with Crippen LogP contribution in [0.4, 0.5) is 27.5 Å². The number of morpholine rings is 1. The number of urea groups is 1. The monoisotopic (exact) mass is 604 g/mol. The Morgan fingerprint density at radius 3 is 2.19 bits per heavy atom. The molecule has 3 aromatic rings. The van der Waals surface area contributed by atoms with E-state index in [0.717, 1.165) is 81.0 Å². The average molecular weight is 605 g/mol. The summed E-state index contributed by atoms with van der Waals surface area (Å²) in [5.74, 6) is 0.692. The van der Waals surface area contributed by atoms with Crippen molar-refractivity contribution in [3.05, 3.63) is 72.3 Å². The number of benzene rings is 3. The Labute approximate surface area is 257 Å². The quantitative estimate of drug-likeness (QED) is 0.292. The summed E-state index contributed by atoms with van der Waals surface area (Å²) in [5.41, 5.74) is 3.70. The molecule has 0 spiro atoms. The summed E-state index contributed by atoms with van der Waals surface area (Å²) in [6.07, 6.45) is 2.01. The minimum absolute atomic E-state index is 0.160. The van der Waals surface area contributed by atoms with Crippen molar-refractivity contribution in [3.63, 3.8) is 0 Å². The SMILES string of the molecule is COc1ccccc1N1CCN(c2ccc(NC(=O)Nc3ccc(SC)cc3)cc2C(=O)NCCN2CCOCC2)CC1. The molecule has 228 valence electrons. The highest BCUT2D eigenvalue weighted by atomic mass is 32.2. The summed E-state index contributed by atoms with van der Waals surface area (Å²) in [6.45, 7) is 7.52. The van der Waals surface area contributed by atoms with E-state index in [1.807, 2.05) is 60.9 Å². The van der Waals surface area contributed by atoms with E-state index in [0.29, 0.717) is 23.5 Å². The number of hydrogen-bond acceptors (Lipinski definition) is 8. The number of carbonyl (C=O) groups is 2. The van der Waals surface area contributed by atoms with Gasteiger partial charge in [-0.1, -0.05) is 12.1 Å². The van der Waals surface area contributed by atoms with E-state index in [2.05, 4.69) is 36.7 Å². The number of rotatable bonds is 10. The van der Waals surface area contributed by atoms with Crippen LogP contribution in [0.2, 0.25) is 0 Å². The highest BCUT2D eigenvalue weighted by molar-refractivity contribution is 7.98. The molecule has 0 atom stereocenters. The summed E-state index contributed by atoms with van der Waals surface area (Å²) in [7, 11) is 1.69. The van der Waals surface area contributed by atoms with Crippen LogP contribution in [-0.2, 0) is 4.74 Å². The number of carbonyl (C=O) groups excluding carboxylic acids is 2. The Balaban J connectivity index is 1.28. The van der Waals surface area contributed by atoms with Crippen LogP contribution < -0.4 is 30.5 Å². The Morgan fingerprint density at radius 1 is 0.837 bits per heavy atom. The van der Waals surface area contributed by atoms with Gasteiger partial charge in [0.2, 0.25) is 0 Å². The first-order valence-electron chi connectivity index (χ1n) is 14.6. The smallest absolute Gasteiger partial charge is 0.323 e. The van der Waals surface area contributed by atoms with E-state index in [9.17, 15) is 9.59 Å². The molecule has 3 N–H and O–H groups in total. The number of thioether (sulfide) groups is 1. The highest BCUT2D eigenvalue weighted by Crippen LogP contribution is 2.31. The third-order valence-electron chi connectivity index (χ3n) is 7.71. The molecule has 2 fully saturated rings. The Hall–Kier alpha value is -3.93. The van der Waals surface area contributed by atoms with Crippen LogP contribution in [0.25, 0.3) is 0 Å². The van der Waals surface area contributed by atoms with Crippen LogP contribution in [0.3, 0.4) is 0 Å². The molecule has 0 aliphatic carbocycles. The molecule has 0 radical (unpaired) electrons. The molecule has 0 unspecified atom stereocenters. The van der Waals surface area contributed by atoms with Gasteiger partial charge in [0.15, 0.2) is 0 Å². The van der Waals surface area contributed by atoms with E-state index in [1.54, 1.807) is 24.9 Å². The number of amides is 3. The highest BCUT2D eigenvalue weighted by Gasteiger charge is 2.24. The van der Waals surface area contributed by atoms with Gasteiger partial charge >= 0.3 is 6.03 Å². The van der Waals surface area contributed by atoms with Gasteiger partial charge in [0.05, 0.1) is 31.6 Å². The van der Waals surface area contributed by atoms with Crippen molar-refractivity contribution in [2.45, 2.75) is 4.90 Å². The van der Waals surface area contributed by atoms with Gasteiger partial charge < -0.3 is 35.2 Å². The van der Waals surface area contributed by atoms with Gasteiger partial charge in [-0.15, -0.1) is 11.8 Å². The number of piperazine rings is 1. The maximum Gasteiger partial charge on any atom is 0.323 e. The second-order valence-electron chi connectivity index (χ2n) is 10.4. The lowest BCUT2D eigenvalue weighted by atomic mass is 10.1. The summed E-state index contributed by atoms with van der Waals surface area (Å²) in [5, 5.41) is 8.86. The number of anilines is 4. The summed E-state index contributed by atoms with van der Waals surface area (Å²) >= 11 is 1.64. The zero-order valence-corrected chi connectivity index (χ0v) is 25.6. The van der Waals surface area contributed by atoms with E-state index < -0.39 is 0 Å². The minimum Gasteiger partial charge on any atom is -0.495 e. The number of ether oxygens (including phenoxy) is 2. The average Bonchev–Trinajstić information content (AvgIpc) is 3.05. The topological polar surface area (TPSA) is 98.4 Å². The predicted molar refractivity (Wildman–Crippen MR) is 174 cm³/mol. The lowest BCUT2D eigenvalue weighted by Gasteiger charge is -2.38. The second-order valence-corrected chi connectivity index (χ2v) is 11.3. The Kier molecular flexibility index (Phi) is 10.6. The number of nitrogens with one attached hydrogen (secondary N) is 3. The van der Waals surface area contributed by atoms with Crippen LogP contribution in [0, 0.1) is 0 Å². The third kappa shape index (κ3) is 8.13. The fourth-order valence-electron chi connectivity index (χ4n) is 5.37. The molecule has 3 amide bonds. The Morgan fingerprint density at radius 2 is 1.49 bits per heavy atom. The van der Waals surface area contributed by atoms with Crippen LogP contribution in [0.1, 0.15) is 10.4 Å². The van der Waals surface area contributed by atoms with Crippen molar-refractivity contribution >= 4 is 46.4 Å². The van der Waals surface area contributed by atoms with Gasteiger partial charge in [-0.2, -0.15) is 0 Å². The van der Waals surface area contributed by atoms with Crippen molar-refractivity contribution in [1.82, 2.24) is 10.2 Å². The van der Waals surface area contributed by atoms with E-state index >= 15 is 0 Å². The van der Waals surface area contributed by atoms with E-state index in [-0.39, 0.29) is 11.9 Å². The molecular weight excluding hydrogens is 564 g/mol. The first kappa shape index (κ1) is 30.5. The van der Waals surface area contributed by atoms with Crippen LogP contribution in [-0.4, -0.2) is 95.8 Å². The normalized spacial score (nSPS) is 15.6. The van der Waals surface area contributed by atoms with Gasteiger partial charge in [0.1, 0.15) is 5.75 Å².